The summed E-state index contributed by atoms with van der Waals surface area (Å²) in [5.74, 6) is -0.638. The maximum Gasteiger partial charge on any atom is 0.333 e. The molecule has 0 bridgehead atoms. The van der Waals surface area contributed by atoms with E-state index in [1.165, 1.54) is 50.6 Å². The number of hydrogen-bond acceptors (Lipinski definition) is 8. The van der Waals surface area contributed by atoms with E-state index in [1.807, 2.05) is 0 Å². The highest BCUT2D eigenvalue weighted by molar-refractivity contribution is 6.88. The van der Waals surface area contributed by atoms with Crippen LogP contribution in [-0.2, 0) is 35.5 Å². The monoisotopic (exact) mass is 778 g/mol. The summed E-state index contributed by atoms with van der Waals surface area (Å²) in [6.45, 7) is 38.5. The van der Waals surface area contributed by atoms with E-state index in [2.05, 4.69) is 91.7 Å². The molecule has 0 rings (SSSR count). The van der Waals surface area contributed by atoms with Crippen LogP contribution in [0, 0.1) is 0 Å². The van der Waals surface area contributed by atoms with Gasteiger partial charge in [0.2, 0.25) is 0 Å². The van der Waals surface area contributed by atoms with Gasteiger partial charge < -0.3 is 25.9 Å². The van der Waals surface area contributed by atoms with Gasteiger partial charge in [0, 0.05) is 11.1 Å². The van der Waals surface area contributed by atoms with Gasteiger partial charge in [-0.25, -0.2) is 9.59 Å². The van der Waals surface area contributed by atoms with Crippen LogP contribution in [0.3, 0.4) is 0 Å². The van der Waals surface area contributed by atoms with Gasteiger partial charge in [-0.1, -0.05) is 51.7 Å². The molecule has 0 atom stereocenters. The fourth-order valence-corrected chi connectivity index (χ4v) is 34.5. The van der Waals surface area contributed by atoms with E-state index in [0.29, 0.717) is 24.4 Å². The van der Waals surface area contributed by atoms with Crippen molar-refractivity contribution >= 4 is 62.3 Å². The van der Waals surface area contributed by atoms with Crippen LogP contribution in [0.2, 0.25) is 103 Å². The SMILES string of the molecule is C=C(C)C(=O)OCCC[Si](C)(C)O[Si](C)(C)O[Si](C)(C)CCCCCCCC[Si](C)(C)O[Si](C)(C)O[Si](C)(C)CCCOC(=O)C(=C)C. The van der Waals surface area contributed by atoms with Crippen LogP contribution in [0.1, 0.15) is 65.2 Å². The minimum absolute atomic E-state index is 0.319. The zero-order valence-electron chi connectivity index (χ0n) is 33.6. The molecule has 48 heavy (non-hydrogen) atoms. The number of hydrogen-bond donors (Lipinski definition) is 0. The number of unbranched alkanes of at least 4 members (excludes halogenated alkanes) is 5. The highest BCUT2D eigenvalue weighted by Gasteiger charge is 2.40. The van der Waals surface area contributed by atoms with E-state index in [9.17, 15) is 9.59 Å². The van der Waals surface area contributed by atoms with Crippen molar-refractivity contribution in [3.63, 3.8) is 0 Å². The molecule has 14 heteroatoms. The zero-order valence-corrected chi connectivity index (χ0v) is 39.6. The van der Waals surface area contributed by atoms with Crippen LogP contribution < -0.4 is 0 Å². The quantitative estimate of drug-likeness (QED) is 0.0352. The second-order valence-corrected chi connectivity index (χ2v) is 41.9. The van der Waals surface area contributed by atoms with Gasteiger partial charge in [-0.2, -0.15) is 0 Å². The van der Waals surface area contributed by atoms with Crippen LogP contribution in [0.15, 0.2) is 24.3 Å². The number of ether oxygens (including phenoxy) is 2. The van der Waals surface area contributed by atoms with Gasteiger partial charge in [0.15, 0.2) is 33.3 Å². The highest BCUT2D eigenvalue weighted by Crippen LogP contribution is 2.29. The fourth-order valence-electron chi connectivity index (χ4n) is 6.29. The molecule has 0 aliphatic heterocycles. The Kier molecular flexibility index (Phi) is 21.0. The highest BCUT2D eigenvalue weighted by atomic mass is 28.5. The standard InChI is InChI=1S/C34H74O8Si6/c1-31(2)33(35)37-25-23-29-45(9,10)41-47(13,14)39-43(5,6)27-21-19-17-18-20-22-28-44(7,8)40-48(15,16)42-46(11,12)30-24-26-38-34(36)32(3)4/h1,3,17-30H2,2,4-16H3. The maximum atomic E-state index is 11.6. The van der Waals surface area contributed by atoms with Crippen molar-refractivity contribution in [3.05, 3.63) is 24.3 Å². The number of carbonyl (C=O) groups is 2. The summed E-state index contributed by atoms with van der Waals surface area (Å²) < 4.78 is 37.5. The largest absolute Gasteiger partial charge is 0.462 e. The van der Waals surface area contributed by atoms with E-state index in [4.69, 9.17) is 25.9 Å². The third kappa shape index (κ3) is 24.7. The smallest absolute Gasteiger partial charge is 0.333 e. The second-order valence-electron chi connectivity index (χ2n) is 16.9. The second kappa shape index (κ2) is 21.2. The third-order valence-corrected chi connectivity index (χ3v) is 30.8. The van der Waals surface area contributed by atoms with Gasteiger partial charge in [0.25, 0.3) is 0 Å². The van der Waals surface area contributed by atoms with E-state index in [0.717, 1.165) is 24.9 Å². The van der Waals surface area contributed by atoms with Gasteiger partial charge >= 0.3 is 29.1 Å². The van der Waals surface area contributed by atoms with Crippen molar-refractivity contribution in [1.82, 2.24) is 0 Å². The molecule has 0 N–H and O–H groups in total. The Morgan fingerprint density at radius 2 is 0.646 bits per heavy atom. The molecule has 282 valence electrons. The van der Waals surface area contributed by atoms with Crippen molar-refractivity contribution in [2.75, 3.05) is 13.2 Å². The van der Waals surface area contributed by atoms with Crippen LogP contribution in [0.5, 0.6) is 0 Å². The van der Waals surface area contributed by atoms with Crippen molar-refractivity contribution in [3.8, 4) is 0 Å². The fraction of sp³-hybridized carbons (Fsp3) is 0.824. The number of esters is 2. The van der Waals surface area contributed by atoms with Crippen LogP contribution in [0.25, 0.3) is 0 Å². The average molecular weight is 779 g/mol. The Labute approximate surface area is 302 Å². The predicted molar refractivity (Wildman–Crippen MR) is 217 cm³/mol. The van der Waals surface area contributed by atoms with E-state index < -0.39 is 50.4 Å². The van der Waals surface area contributed by atoms with Crippen LogP contribution >= 0.6 is 0 Å². The Bertz CT molecular complexity index is 947. The Balaban J connectivity index is 4.38. The van der Waals surface area contributed by atoms with Crippen LogP contribution in [-0.4, -0.2) is 75.5 Å². The predicted octanol–water partition coefficient (Wildman–Crippen LogP) is 10.6. The van der Waals surface area contributed by atoms with Crippen molar-refractivity contribution < 1.29 is 35.5 Å². The molecular formula is C34H74O8Si6. The minimum Gasteiger partial charge on any atom is -0.462 e. The Morgan fingerprint density at radius 1 is 0.417 bits per heavy atom. The lowest BCUT2D eigenvalue weighted by Crippen LogP contribution is -2.52. The lowest BCUT2D eigenvalue weighted by atomic mass is 10.1. The molecule has 0 unspecified atom stereocenters. The zero-order chi connectivity index (χ0) is 37.5. The topological polar surface area (TPSA) is 89.5 Å². The molecule has 0 aromatic rings. The normalized spacial score (nSPS) is 13.4. The van der Waals surface area contributed by atoms with Gasteiger partial charge in [0.05, 0.1) is 13.2 Å². The summed E-state index contributed by atoms with van der Waals surface area (Å²) in [4.78, 5) is 23.3. The lowest BCUT2D eigenvalue weighted by molar-refractivity contribution is -0.139. The molecule has 0 aromatic heterocycles. The van der Waals surface area contributed by atoms with Crippen molar-refractivity contribution in [1.29, 1.82) is 0 Å². The van der Waals surface area contributed by atoms with Gasteiger partial charge in [-0.15, -0.1) is 0 Å². The average Bonchev–Trinajstić information content (AvgIpc) is 2.87. The first-order chi connectivity index (χ1) is 21.7. The number of rotatable bonds is 27. The summed E-state index contributed by atoms with van der Waals surface area (Å²) >= 11 is 0. The van der Waals surface area contributed by atoms with Gasteiger partial charge in [-0.05, 0) is 129 Å². The summed E-state index contributed by atoms with van der Waals surface area (Å²) in [5, 5.41) is 0. The summed E-state index contributed by atoms with van der Waals surface area (Å²) in [7, 11) is -12.0. The maximum absolute atomic E-state index is 11.6. The molecular weight excluding hydrogens is 705 g/mol. The number of carbonyl (C=O) groups excluding carboxylic acids is 2. The van der Waals surface area contributed by atoms with Gasteiger partial charge in [0.1, 0.15) is 0 Å². The molecule has 0 radical (unpaired) electrons. The summed E-state index contributed by atoms with van der Waals surface area (Å²) in [6.07, 6.45) is 9.10. The van der Waals surface area contributed by atoms with Crippen LogP contribution in [0.4, 0.5) is 0 Å². The molecule has 0 saturated heterocycles. The molecule has 0 spiro atoms. The molecule has 0 aliphatic rings. The Morgan fingerprint density at radius 3 is 0.896 bits per heavy atom. The lowest BCUT2D eigenvalue weighted by Gasteiger charge is -2.39. The first kappa shape index (κ1) is 47.6. The first-order valence-corrected chi connectivity index (χ1v) is 36.2. The molecule has 0 heterocycles. The van der Waals surface area contributed by atoms with Crippen molar-refractivity contribution in [2.24, 2.45) is 0 Å². The molecule has 0 aromatic carbocycles. The van der Waals surface area contributed by atoms with E-state index in [1.54, 1.807) is 13.8 Å². The van der Waals surface area contributed by atoms with Gasteiger partial charge in [-0.3, -0.25) is 0 Å². The molecule has 0 amide bonds. The summed E-state index contributed by atoms with van der Waals surface area (Å²) in [6, 6.07) is 4.21. The molecule has 8 nitrogen and oxygen atoms in total. The molecule has 0 saturated carbocycles. The Hall–Kier alpha value is -0.439. The minimum atomic E-state index is -2.25. The first-order valence-electron chi connectivity index (χ1n) is 18.1. The summed E-state index contributed by atoms with van der Waals surface area (Å²) in [5.41, 5.74) is 0.876. The third-order valence-electron chi connectivity index (χ3n) is 7.91. The van der Waals surface area contributed by atoms with Crippen molar-refractivity contribution in [2.45, 2.75) is 168 Å². The van der Waals surface area contributed by atoms with E-state index in [-0.39, 0.29) is 11.9 Å². The van der Waals surface area contributed by atoms with E-state index >= 15 is 0 Å². The molecule has 0 aliphatic carbocycles. The molecule has 0 fully saturated rings.